The summed E-state index contributed by atoms with van der Waals surface area (Å²) in [7, 11) is 0. The van der Waals surface area contributed by atoms with Crippen molar-refractivity contribution < 1.29 is 9.53 Å². The molecule has 0 bridgehead atoms. The third-order valence-electron chi connectivity index (χ3n) is 3.75. The zero-order chi connectivity index (χ0) is 16.1. The number of rotatable bonds is 6. The van der Waals surface area contributed by atoms with Crippen LogP contribution in [0.2, 0.25) is 0 Å². The number of aryl methyl sites for hydroxylation is 1. The van der Waals surface area contributed by atoms with Gasteiger partial charge in [0.15, 0.2) is 6.61 Å². The number of aromatic nitrogens is 1. The Hall–Kier alpha value is -2.75. The van der Waals surface area contributed by atoms with Crippen molar-refractivity contribution in [3.8, 4) is 5.75 Å². The fourth-order valence-electron chi connectivity index (χ4n) is 2.49. The maximum atomic E-state index is 11.8. The van der Waals surface area contributed by atoms with Crippen LogP contribution in [0.4, 0.5) is 0 Å². The molecule has 0 aliphatic carbocycles. The number of benzene rings is 2. The molecule has 23 heavy (non-hydrogen) atoms. The number of carbonyl (C=O) groups is 1. The van der Waals surface area contributed by atoms with E-state index in [1.165, 1.54) is 16.5 Å². The van der Waals surface area contributed by atoms with E-state index >= 15 is 0 Å². The van der Waals surface area contributed by atoms with Crippen molar-refractivity contribution >= 4 is 16.8 Å². The van der Waals surface area contributed by atoms with Gasteiger partial charge in [0.1, 0.15) is 5.75 Å². The molecule has 0 unspecified atom stereocenters. The minimum atomic E-state index is -0.109. The molecular formula is C19H20N2O2. The van der Waals surface area contributed by atoms with Crippen LogP contribution in [0.5, 0.6) is 5.75 Å². The van der Waals surface area contributed by atoms with Gasteiger partial charge in [0.05, 0.1) is 0 Å². The third kappa shape index (κ3) is 3.92. The minimum Gasteiger partial charge on any atom is -0.484 e. The van der Waals surface area contributed by atoms with E-state index in [0.717, 1.165) is 6.54 Å². The van der Waals surface area contributed by atoms with Crippen LogP contribution in [-0.4, -0.2) is 23.6 Å². The smallest absolute Gasteiger partial charge is 0.258 e. The molecule has 1 N–H and O–H groups in total. The Morgan fingerprint density at radius 1 is 1.09 bits per heavy atom. The van der Waals surface area contributed by atoms with Crippen LogP contribution in [0.15, 0.2) is 60.8 Å². The summed E-state index contributed by atoms with van der Waals surface area (Å²) in [6, 6.07) is 18.0. The molecular weight excluding hydrogens is 288 g/mol. The lowest BCUT2D eigenvalue weighted by molar-refractivity contribution is -0.123. The average Bonchev–Trinajstić information content (AvgIpc) is 2.98. The summed E-state index contributed by atoms with van der Waals surface area (Å²) in [4.78, 5) is 11.8. The lowest BCUT2D eigenvalue weighted by atomic mass is 10.2. The molecule has 0 saturated carbocycles. The number of carbonyl (C=O) groups excluding carboxylic acids is 1. The number of fused-ring (bicyclic) bond motifs is 1. The van der Waals surface area contributed by atoms with Crippen LogP contribution >= 0.6 is 0 Å². The number of ether oxygens (including phenoxy) is 1. The molecule has 118 valence electrons. The number of amides is 1. The van der Waals surface area contributed by atoms with Crippen molar-refractivity contribution in [2.75, 3.05) is 13.2 Å². The Labute approximate surface area is 135 Å². The Bertz CT molecular complexity index is 790. The molecule has 0 saturated heterocycles. The van der Waals surface area contributed by atoms with E-state index in [-0.39, 0.29) is 12.5 Å². The van der Waals surface area contributed by atoms with Gasteiger partial charge in [-0.25, -0.2) is 0 Å². The number of para-hydroxylation sites is 1. The standard InChI is InChI=1S/C19H20N2O2/c1-15-6-8-17(9-7-15)23-14-19(22)20-11-13-21-12-10-16-4-2-3-5-18(16)21/h2-10,12H,11,13-14H2,1H3,(H,20,22). The van der Waals surface area contributed by atoms with Crippen LogP contribution < -0.4 is 10.1 Å². The predicted octanol–water partition coefficient (Wildman–Crippen LogP) is 3.14. The summed E-state index contributed by atoms with van der Waals surface area (Å²) in [5, 5.41) is 4.09. The van der Waals surface area contributed by atoms with Gasteiger partial charge >= 0.3 is 0 Å². The highest BCUT2D eigenvalue weighted by Gasteiger charge is 2.04. The van der Waals surface area contributed by atoms with Gasteiger partial charge in [-0.15, -0.1) is 0 Å². The first-order valence-corrected chi connectivity index (χ1v) is 7.72. The first-order chi connectivity index (χ1) is 11.2. The van der Waals surface area contributed by atoms with Crippen LogP contribution in [0.25, 0.3) is 10.9 Å². The first kappa shape index (κ1) is 15.2. The van der Waals surface area contributed by atoms with Crippen molar-refractivity contribution in [3.63, 3.8) is 0 Å². The molecule has 0 spiro atoms. The Kier molecular flexibility index (Phi) is 4.62. The van der Waals surface area contributed by atoms with Crippen LogP contribution in [-0.2, 0) is 11.3 Å². The van der Waals surface area contributed by atoms with Crippen LogP contribution in [0.3, 0.4) is 0 Å². The molecule has 0 atom stereocenters. The quantitative estimate of drug-likeness (QED) is 0.760. The SMILES string of the molecule is Cc1ccc(OCC(=O)NCCn2ccc3ccccc32)cc1. The Balaban J connectivity index is 1.45. The topological polar surface area (TPSA) is 43.3 Å². The van der Waals surface area contributed by atoms with Gasteiger partial charge in [0.2, 0.25) is 0 Å². The molecule has 0 radical (unpaired) electrons. The van der Waals surface area contributed by atoms with E-state index < -0.39 is 0 Å². The number of nitrogens with one attached hydrogen (secondary N) is 1. The normalized spacial score (nSPS) is 10.7. The molecule has 0 aliphatic heterocycles. The van der Waals surface area contributed by atoms with Gasteiger partial charge < -0.3 is 14.6 Å². The lowest BCUT2D eigenvalue weighted by Gasteiger charge is -2.09. The monoisotopic (exact) mass is 308 g/mol. The summed E-state index contributed by atoms with van der Waals surface area (Å²) in [5.74, 6) is 0.601. The maximum Gasteiger partial charge on any atom is 0.258 e. The molecule has 1 aromatic heterocycles. The summed E-state index contributed by atoms with van der Waals surface area (Å²) in [5.41, 5.74) is 2.35. The minimum absolute atomic E-state index is 0.0372. The molecule has 0 aliphatic rings. The number of hydrogen-bond donors (Lipinski definition) is 1. The van der Waals surface area contributed by atoms with Crippen molar-refractivity contribution in [1.82, 2.24) is 9.88 Å². The van der Waals surface area contributed by atoms with E-state index in [9.17, 15) is 4.79 Å². The van der Waals surface area contributed by atoms with Gasteiger partial charge in [-0.3, -0.25) is 4.79 Å². The lowest BCUT2D eigenvalue weighted by Crippen LogP contribution is -2.31. The highest BCUT2D eigenvalue weighted by molar-refractivity contribution is 5.80. The van der Waals surface area contributed by atoms with E-state index in [1.54, 1.807) is 0 Å². The second-order valence-electron chi connectivity index (χ2n) is 5.52. The largest absolute Gasteiger partial charge is 0.484 e. The molecule has 0 fully saturated rings. The first-order valence-electron chi connectivity index (χ1n) is 7.72. The van der Waals surface area contributed by atoms with Crippen LogP contribution in [0, 0.1) is 6.92 Å². The van der Waals surface area contributed by atoms with Crippen molar-refractivity contribution in [2.45, 2.75) is 13.5 Å². The fourth-order valence-corrected chi connectivity index (χ4v) is 2.49. The van der Waals surface area contributed by atoms with Gasteiger partial charge in [-0.2, -0.15) is 0 Å². The molecule has 4 heteroatoms. The molecule has 1 amide bonds. The predicted molar refractivity (Wildman–Crippen MR) is 91.6 cm³/mol. The molecule has 2 aromatic carbocycles. The van der Waals surface area contributed by atoms with Crippen molar-refractivity contribution in [1.29, 1.82) is 0 Å². The molecule has 4 nitrogen and oxygen atoms in total. The molecule has 3 rings (SSSR count). The summed E-state index contributed by atoms with van der Waals surface area (Å²) in [6.07, 6.45) is 2.04. The highest BCUT2D eigenvalue weighted by Crippen LogP contribution is 2.14. The number of nitrogens with zero attached hydrogens (tertiary/aromatic N) is 1. The van der Waals surface area contributed by atoms with Gasteiger partial charge in [-0.1, -0.05) is 35.9 Å². The maximum absolute atomic E-state index is 11.8. The van der Waals surface area contributed by atoms with E-state index in [1.807, 2.05) is 49.5 Å². The summed E-state index contributed by atoms with van der Waals surface area (Å²) >= 11 is 0. The van der Waals surface area contributed by atoms with Gasteiger partial charge in [0.25, 0.3) is 5.91 Å². The second kappa shape index (κ2) is 7.01. The van der Waals surface area contributed by atoms with E-state index in [0.29, 0.717) is 12.3 Å². The highest BCUT2D eigenvalue weighted by atomic mass is 16.5. The molecule has 3 aromatic rings. The average molecular weight is 308 g/mol. The van der Waals surface area contributed by atoms with E-state index in [2.05, 4.69) is 28.1 Å². The second-order valence-corrected chi connectivity index (χ2v) is 5.52. The third-order valence-corrected chi connectivity index (χ3v) is 3.75. The van der Waals surface area contributed by atoms with Crippen molar-refractivity contribution in [2.24, 2.45) is 0 Å². The summed E-state index contributed by atoms with van der Waals surface area (Å²) < 4.78 is 7.60. The van der Waals surface area contributed by atoms with Crippen LogP contribution in [0.1, 0.15) is 5.56 Å². The molecule has 1 heterocycles. The summed E-state index contributed by atoms with van der Waals surface area (Å²) in [6.45, 7) is 3.37. The van der Waals surface area contributed by atoms with Crippen molar-refractivity contribution in [3.05, 3.63) is 66.4 Å². The Morgan fingerprint density at radius 3 is 2.70 bits per heavy atom. The number of hydrogen-bond acceptors (Lipinski definition) is 2. The zero-order valence-corrected chi connectivity index (χ0v) is 13.2. The van der Waals surface area contributed by atoms with Gasteiger partial charge in [-0.05, 0) is 36.6 Å². The van der Waals surface area contributed by atoms with Gasteiger partial charge in [0, 0.05) is 24.8 Å². The van der Waals surface area contributed by atoms with E-state index in [4.69, 9.17) is 4.74 Å². The Morgan fingerprint density at radius 2 is 1.87 bits per heavy atom. The fraction of sp³-hybridized carbons (Fsp3) is 0.211. The zero-order valence-electron chi connectivity index (χ0n) is 13.2.